The molecule has 0 atom stereocenters. The van der Waals surface area contributed by atoms with Crippen molar-refractivity contribution in [1.29, 1.82) is 0 Å². The van der Waals surface area contributed by atoms with Gasteiger partial charge in [-0.2, -0.15) is 0 Å². The summed E-state index contributed by atoms with van der Waals surface area (Å²) in [5, 5.41) is 11.3. The van der Waals surface area contributed by atoms with Crippen LogP contribution in [0, 0.1) is 13.8 Å². The molecule has 82 heavy (non-hydrogen) atoms. The number of hydrogen-bond acceptors (Lipinski definition) is 4. The van der Waals surface area contributed by atoms with Crippen LogP contribution in [0.25, 0.3) is 121 Å². The molecular formula is C78H52N2O2. The molecule has 0 aliphatic carbocycles. The van der Waals surface area contributed by atoms with E-state index in [0.717, 1.165) is 122 Å². The van der Waals surface area contributed by atoms with Crippen molar-refractivity contribution >= 4 is 110 Å². The van der Waals surface area contributed by atoms with Crippen LogP contribution in [0.1, 0.15) is 11.1 Å². The fourth-order valence-corrected chi connectivity index (χ4v) is 13.0. The van der Waals surface area contributed by atoms with Gasteiger partial charge in [0.25, 0.3) is 0 Å². The van der Waals surface area contributed by atoms with Crippen molar-refractivity contribution < 1.29 is 8.83 Å². The number of anilines is 6. The molecule has 0 radical (unpaired) electrons. The molecule has 386 valence electrons. The van der Waals surface area contributed by atoms with Gasteiger partial charge in [-0.05, 0) is 128 Å². The molecule has 0 saturated carbocycles. The van der Waals surface area contributed by atoms with Crippen molar-refractivity contribution in [3.05, 3.63) is 290 Å². The van der Waals surface area contributed by atoms with Crippen LogP contribution in [0.3, 0.4) is 0 Å². The Bertz CT molecular complexity index is 4790. The molecule has 4 heteroatoms. The number of fused-ring (bicyclic) bond motifs is 6. The first-order valence-corrected chi connectivity index (χ1v) is 28.1. The fourth-order valence-electron chi connectivity index (χ4n) is 13.0. The van der Waals surface area contributed by atoms with Crippen molar-refractivity contribution in [1.82, 2.24) is 0 Å². The van der Waals surface area contributed by atoms with Gasteiger partial charge in [-0.25, -0.2) is 0 Å². The van der Waals surface area contributed by atoms with E-state index in [1.54, 1.807) is 0 Å². The highest BCUT2D eigenvalue weighted by Gasteiger charge is 2.27. The molecule has 4 nitrogen and oxygen atoms in total. The van der Waals surface area contributed by atoms with E-state index in [4.69, 9.17) is 8.83 Å². The van der Waals surface area contributed by atoms with Gasteiger partial charge in [0.2, 0.25) is 0 Å². The largest absolute Gasteiger partial charge is 0.453 e. The van der Waals surface area contributed by atoms with Gasteiger partial charge in [-0.15, -0.1) is 0 Å². The van der Waals surface area contributed by atoms with E-state index < -0.39 is 0 Å². The van der Waals surface area contributed by atoms with Crippen LogP contribution >= 0.6 is 0 Å². The zero-order valence-corrected chi connectivity index (χ0v) is 45.3. The smallest absolute Gasteiger partial charge is 0.159 e. The van der Waals surface area contributed by atoms with Gasteiger partial charge in [0.05, 0.1) is 22.7 Å². The van der Waals surface area contributed by atoms with Gasteiger partial charge in [0, 0.05) is 54.8 Å². The Morgan fingerprint density at radius 3 is 0.988 bits per heavy atom. The first kappa shape index (κ1) is 47.3. The van der Waals surface area contributed by atoms with Crippen molar-refractivity contribution in [2.24, 2.45) is 0 Å². The van der Waals surface area contributed by atoms with Gasteiger partial charge in [0.1, 0.15) is 11.2 Å². The molecule has 0 unspecified atom stereocenters. The maximum atomic E-state index is 7.25. The van der Waals surface area contributed by atoms with Crippen LogP contribution in [0.15, 0.2) is 288 Å². The van der Waals surface area contributed by atoms with Crippen LogP contribution in [0.4, 0.5) is 34.1 Å². The second kappa shape index (κ2) is 19.0. The highest BCUT2D eigenvalue weighted by atomic mass is 16.3. The molecule has 0 aliphatic heterocycles. The van der Waals surface area contributed by atoms with Crippen molar-refractivity contribution in [2.75, 3.05) is 9.80 Å². The Morgan fingerprint density at radius 1 is 0.232 bits per heavy atom. The molecule has 0 saturated heterocycles. The summed E-state index contributed by atoms with van der Waals surface area (Å²) in [5.74, 6) is 0. The Hall–Kier alpha value is -10.7. The molecule has 16 rings (SSSR count). The Morgan fingerprint density at radius 2 is 0.573 bits per heavy atom. The maximum Gasteiger partial charge on any atom is 0.159 e. The van der Waals surface area contributed by atoms with E-state index in [9.17, 15) is 0 Å². The molecule has 2 aromatic heterocycles. The highest BCUT2D eigenvalue weighted by Crippen LogP contribution is 2.52. The van der Waals surface area contributed by atoms with Gasteiger partial charge in [-0.3, -0.25) is 0 Å². The third kappa shape index (κ3) is 7.53. The minimum atomic E-state index is 0.832. The third-order valence-electron chi connectivity index (χ3n) is 16.9. The lowest BCUT2D eigenvalue weighted by atomic mass is 9.91. The Balaban J connectivity index is 0.927. The second-order valence-corrected chi connectivity index (χ2v) is 21.6. The second-order valence-electron chi connectivity index (χ2n) is 21.6. The number of para-hydroxylation sites is 4. The maximum absolute atomic E-state index is 7.25. The van der Waals surface area contributed by atoms with Crippen LogP contribution in [-0.2, 0) is 0 Å². The lowest BCUT2D eigenvalue weighted by Gasteiger charge is -2.29. The number of hydrogen-bond donors (Lipinski definition) is 0. The van der Waals surface area contributed by atoms with Crippen LogP contribution in [-0.4, -0.2) is 0 Å². The normalized spacial score (nSPS) is 11.8. The quantitative estimate of drug-likeness (QED) is 0.128. The fraction of sp³-hybridized carbons (Fsp3) is 0.0256. The van der Waals surface area contributed by atoms with Gasteiger partial charge in [-0.1, -0.05) is 231 Å². The van der Waals surface area contributed by atoms with E-state index in [0.29, 0.717) is 0 Å². The van der Waals surface area contributed by atoms with Crippen LogP contribution < -0.4 is 9.80 Å². The number of nitrogens with zero attached hydrogens (tertiary/aromatic N) is 2. The molecule has 2 heterocycles. The predicted molar refractivity (Wildman–Crippen MR) is 345 cm³/mol. The molecule has 14 aromatic carbocycles. The average Bonchev–Trinajstić information content (AvgIpc) is 3.85. The summed E-state index contributed by atoms with van der Waals surface area (Å²) in [7, 11) is 0. The molecule has 0 aliphatic rings. The summed E-state index contributed by atoms with van der Waals surface area (Å²) < 4.78 is 14.5. The van der Waals surface area contributed by atoms with Crippen molar-refractivity contribution in [2.45, 2.75) is 13.8 Å². The summed E-state index contributed by atoms with van der Waals surface area (Å²) >= 11 is 0. The molecular weight excluding hydrogens is 997 g/mol. The minimum absolute atomic E-state index is 0.832. The monoisotopic (exact) mass is 1050 g/mol. The van der Waals surface area contributed by atoms with E-state index in [-0.39, 0.29) is 0 Å². The summed E-state index contributed by atoms with van der Waals surface area (Å²) in [6.45, 7) is 4.34. The van der Waals surface area contributed by atoms with Crippen molar-refractivity contribution in [3.8, 4) is 44.5 Å². The molecule has 16 aromatic rings. The SMILES string of the molecule is Cc1ccccc1-c1cccc2c1oc1c(N(c3ccc(-c4ccccc4)cc3)c3ccc4ccc5c(N(c6ccc(-c7ccccc7)cc6)c6cccc7c6oc6c(-c8ccccc8C)cccc67)ccc6ccc3c4c65)cccc12. The molecule has 0 fully saturated rings. The summed E-state index contributed by atoms with van der Waals surface area (Å²) in [6, 6.07) is 101. The van der Waals surface area contributed by atoms with E-state index in [2.05, 4.69) is 303 Å². The third-order valence-corrected chi connectivity index (χ3v) is 16.9. The van der Waals surface area contributed by atoms with E-state index in [1.165, 1.54) is 43.8 Å². The summed E-state index contributed by atoms with van der Waals surface area (Å²) in [5.41, 5.74) is 21.1. The number of aryl methyl sites for hydroxylation is 2. The standard InChI is InChI=1S/C78H52N2O2/c1-49-17-9-11-23-59(49)61-25-13-27-63-65-29-15-31-71(77(65)81-75(61)63)79(57-41-33-53(34-42-57)51-19-5-3-6-20-51)69-47-39-55-38-46-68-70(48-40-56-37-45-67(69)73(55)74(56)68)80(58-43-35-54(36-44-58)52-21-7-4-8-22-52)72-32-16-30-66-64-28-14-26-62(76(64)82-78(66)72)60-24-12-10-18-50(60)2/h3-48H,1-2H3. The van der Waals surface area contributed by atoms with Crippen LogP contribution in [0.5, 0.6) is 0 Å². The first-order valence-electron chi connectivity index (χ1n) is 28.1. The molecule has 0 bridgehead atoms. The lowest BCUT2D eigenvalue weighted by molar-refractivity contribution is 0.670. The average molecular weight is 1050 g/mol. The summed E-state index contributed by atoms with van der Waals surface area (Å²) in [4.78, 5) is 4.82. The predicted octanol–water partition coefficient (Wildman–Crippen LogP) is 22.6. The van der Waals surface area contributed by atoms with E-state index >= 15 is 0 Å². The minimum Gasteiger partial charge on any atom is -0.453 e. The molecule has 0 N–H and O–H groups in total. The Kier molecular flexibility index (Phi) is 11.0. The summed E-state index contributed by atoms with van der Waals surface area (Å²) in [6.07, 6.45) is 0. The zero-order valence-electron chi connectivity index (χ0n) is 45.3. The topological polar surface area (TPSA) is 32.8 Å². The van der Waals surface area contributed by atoms with E-state index in [1.807, 2.05) is 0 Å². The molecule has 0 spiro atoms. The Labute approximate surface area is 474 Å². The van der Waals surface area contributed by atoms with Gasteiger partial charge < -0.3 is 18.6 Å². The van der Waals surface area contributed by atoms with Gasteiger partial charge in [0.15, 0.2) is 11.2 Å². The number of benzene rings is 14. The van der Waals surface area contributed by atoms with Gasteiger partial charge >= 0.3 is 0 Å². The first-order chi connectivity index (χ1) is 40.5. The zero-order chi connectivity index (χ0) is 54.4. The molecule has 0 amide bonds. The lowest BCUT2D eigenvalue weighted by Crippen LogP contribution is -2.12. The number of rotatable bonds is 10. The van der Waals surface area contributed by atoms with Crippen LogP contribution in [0.2, 0.25) is 0 Å². The van der Waals surface area contributed by atoms with Crippen molar-refractivity contribution in [3.63, 3.8) is 0 Å². The number of furan rings is 2. The highest BCUT2D eigenvalue weighted by molar-refractivity contribution is 6.29.